The van der Waals surface area contributed by atoms with E-state index in [0.717, 1.165) is 43.9 Å². The average molecular weight is 359 g/mol. The lowest BCUT2D eigenvalue weighted by Gasteiger charge is -2.25. The van der Waals surface area contributed by atoms with Gasteiger partial charge in [0, 0.05) is 23.0 Å². The minimum absolute atomic E-state index is 0.0177. The predicted molar refractivity (Wildman–Crippen MR) is 80.1 cm³/mol. The van der Waals surface area contributed by atoms with Gasteiger partial charge in [0.2, 0.25) is 0 Å². The molecule has 1 aromatic rings. The number of nitrogens with one attached hydrogen (secondary N) is 1. The first-order valence-electron chi connectivity index (χ1n) is 6.83. The summed E-state index contributed by atoms with van der Waals surface area (Å²) in [7, 11) is 0. The summed E-state index contributed by atoms with van der Waals surface area (Å²) in [4.78, 5) is 22.5. The molecular weight excluding hydrogens is 343 g/mol. The SMILES string of the molecule is O=C(NCC1CCC(Br)CC1)c1cc(F)cc([N+](=O)[O-])c1. The summed E-state index contributed by atoms with van der Waals surface area (Å²) in [5.41, 5.74) is -0.434. The van der Waals surface area contributed by atoms with Gasteiger partial charge in [0.25, 0.3) is 11.6 Å². The van der Waals surface area contributed by atoms with Gasteiger partial charge in [-0.25, -0.2) is 4.39 Å². The van der Waals surface area contributed by atoms with Crippen molar-refractivity contribution >= 4 is 27.5 Å². The van der Waals surface area contributed by atoms with E-state index in [-0.39, 0.29) is 5.56 Å². The number of hydrogen-bond donors (Lipinski definition) is 1. The van der Waals surface area contributed by atoms with E-state index in [1.165, 1.54) is 0 Å². The Hall–Kier alpha value is -1.50. The largest absolute Gasteiger partial charge is 0.352 e. The molecule has 21 heavy (non-hydrogen) atoms. The van der Waals surface area contributed by atoms with Crippen molar-refractivity contribution in [2.45, 2.75) is 30.5 Å². The number of non-ortho nitro benzene ring substituents is 1. The van der Waals surface area contributed by atoms with Gasteiger partial charge >= 0.3 is 0 Å². The molecule has 2 rings (SSSR count). The van der Waals surface area contributed by atoms with Crippen molar-refractivity contribution in [3.05, 3.63) is 39.7 Å². The Morgan fingerprint density at radius 3 is 2.62 bits per heavy atom. The highest BCUT2D eigenvalue weighted by Gasteiger charge is 2.20. The van der Waals surface area contributed by atoms with E-state index >= 15 is 0 Å². The monoisotopic (exact) mass is 358 g/mol. The Morgan fingerprint density at radius 2 is 2.00 bits per heavy atom. The molecule has 1 saturated carbocycles. The molecule has 114 valence electrons. The van der Waals surface area contributed by atoms with Crippen LogP contribution in [0.1, 0.15) is 36.0 Å². The fraction of sp³-hybridized carbons (Fsp3) is 0.500. The molecule has 0 unspecified atom stereocenters. The number of amides is 1. The van der Waals surface area contributed by atoms with Crippen molar-refractivity contribution in [1.82, 2.24) is 5.32 Å². The van der Waals surface area contributed by atoms with Crippen LogP contribution in [-0.4, -0.2) is 22.2 Å². The molecule has 0 atom stereocenters. The number of nitro groups is 1. The summed E-state index contributed by atoms with van der Waals surface area (Å²) < 4.78 is 13.3. The number of hydrogen-bond acceptors (Lipinski definition) is 3. The lowest BCUT2D eigenvalue weighted by Crippen LogP contribution is -2.31. The lowest BCUT2D eigenvalue weighted by molar-refractivity contribution is -0.385. The van der Waals surface area contributed by atoms with Crippen molar-refractivity contribution < 1.29 is 14.1 Å². The van der Waals surface area contributed by atoms with E-state index in [1.807, 2.05) is 0 Å². The van der Waals surface area contributed by atoms with Gasteiger partial charge in [0.15, 0.2) is 0 Å². The van der Waals surface area contributed by atoms with Gasteiger partial charge in [-0.1, -0.05) is 15.9 Å². The molecule has 0 aromatic heterocycles. The molecule has 0 radical (unpaired) electrons. The summed E-state index contributed by atoms with van der Waals surface area (Å²) in [5.74, 6) is -0.848. The van der Waals surface area contributed by atoms with Crippen LogP contribution < -0.4 is 5.32 Å². The molecule has 1 amide bonds. The maximum Gasteiger partial charge on any atom is 0.273 e. The van der Waals surface area contributed by atoms with Gasteiger partial charge < -0.3 is 5.32 Å². The van der Waals surface area contributed by atoms with Crippen LogP contribution >= 0.6 is 15.9 Å². The standard InChI is InChI=1S/C14H16BrFN2O3/c15-11-3-1-9(2-4-11)8-17-14(19)10-5-12(16)7-13(6-10)18(20)21/h5-7,9,11H,1-4,8H2,(H,17,19). The van der Waals surface area contributed by atoms with Crippen LogP contribution in [-0.2, 0) is 0 Å². The Labute approximate surface area is 130 Å². The Morgan fingerprint density at radius 1 is 1.33 bits per heavy atom. The Balaban J connectivity index is 1.95. The Bertz CT molecular complexity index is 545. The van der Waals surface area contributed by atoms with E-state index in [0.29, 0.717) is 17.3 Å². The van der Waals surface area contributed by atoms with Crippen LogP contribution in [0.5, 0.6) is 0 Å². The van der Waals surface area contributed by atoms with E-state index in [2.05, 4.69) is 21.2 Å². The molecule has 1 aromatic carbocycles. The third-order valence-corrected chi connectivity index (χ3v) is 4.60. The second-order valence-corrected chi connectivity index (χ2v) is 6.58. The highest BCUT2D eigenvalue weighted by Crippen LogP contribution is 2.28. The summed E-state index contributed by atoms with van der Waals surface area (Å²) in [6, 6.07) is 2.90. The third kappa shape index (κ3) is 4.49. The molecule has 5 nitrogen and oxygen atoms in total. The van der Waals surface area contributed by atoms with E-state index in [1.54, 1.807) is 0 Å². The predicted octanol–water partition coefficient (Wildman–Crippen LogP) is 3.42. The average Bonchev–Trinajstić information content (AvgIpc) is 2.45. The number of halogens is 2. The topological polar surface area (TPSA) is 72.2 Å². The summed E-state index contributed by atoms with van der Waals surface area (Å²) in [5, 5.41) is 13.4. The molecule has 7 heteroatoms. The van der Waals surface area contributed by atoms with Gasteiger partial charge in [0.05, 0.1) is 11.0 Å². The normalized spacial score (nSPS) is 21.8. The molecule has 0 bridgehead atoms. The molecule has 0 saturated heterocycles. The Kier molecular flexibility index (Phi) is 5.27. The highest BCUT2D eigenvalue weighted by molar-refractivity contribution is 9.09. The van der Waals surface area contributed by atoms with Crippen molar-refractivity contribution in [3.63, 3.8) is 0 Å². The van der Waals surface area contributed by atoms with Gasteiger partial charge in [-0.2, -0.15) is 0 Å². The number of carbonyl (C=O) groups excluding carboxylic acids is 1. The van der Waals surface area contributed by atoms with Gasteiger partial charge in [-0.15, -0.1) is 0 Å². The maximum atomic E-state index is 13.3. The number of nitrogens with zero attached hydrogens (tertiary/aromatic N) is 1. The van der Waals surface area contributed by atoms with Crippen molar-refractivity contribution in [1.29, 1.82) is 0 Å². The van der Waals surface area contributed by atoms with Crippen LogP contribution in [0.4, 0.5) is 10.1 Å². The molecule has 0 heterocycles. The van der Waals surface area contributed by atoms with E-state index in [4.69, 9.17) is 0 Å². The van der Waals surface area contributed by atoms with Crippen molar-refractivity contribution in [3.8, 4) is 0 Å². The summed E-state index contributed by atoms with van der Waals surface area (Å²) in [6.07, 6.45) is 4.21. The molecule has 0 aliphatic heterocycles. The quantitative estimate of drug-likeness (QED) is 0.509. The number of carbonyl (C=O) groups is 1. The van der Waals surface area contributed by atoms with Gasteiger partial charge in [-0.3, -0.25) is 14.9 Å². The minimum atomic E-state index is -0.783. The molecule has 1 fully saturated rings. The van der Waals surface area contributed by atoms with Gasteiger partial charge in [0.1, 0.15) is 5.82 Å². The second kappa shape index (κ2) is 6.98. The van der Waals surface area contributed by atoms with Crippen LogP contribution in [0.25, 0.3) is 0 Å². The van der Waals surface area contributed by atoms with Crippen LogP contribution in [0.3, 0.4) is 0 Å². The first kappa shape index (κ1) is 15.9. The van der Waals surface area contributed by atoms with Crippen LogP contribution in [0.2, 0.25) is 0 Å². The number of rotatable bonds is 4. The number of alkyl halides is 1. The molecular formula is C14H16BrFN2O3. The first-order valence-corrected chi connectivity index (χ1v) is 7.74. The molecule has 1 N–H and O–H groups in total. The summed E-state index contributed by atoms with van der Waals surface area (Å²) in [6.45, 7) is 0.517. The fourth-order valence-electron chi connectivity index (χ4n) is 2.48. The van der Waals surface area contributed by atoms with E-state index in [9.17, 15) is 19.3 Å². The van der Waals surface area contributed by atoms with Gasteiger partial charge in [-0.05, 0) is 37.7 Å². The third-order valence-electron chi connectivity index (χ3n) is 3.68. The smallest absolute Gasteiger partial charge is 0.273 e. The van der Waals surface area contributed by atoms with E-state index < -0.39 is 22.3 Å². The zero-order valence-electron chi connectivity index (χ0n) is 11.4. The minimum Gasteiger partial charge on any atom is -0.352 e. The molecule has 1 aliphatic rings. The van der Waals surface area contributed by atoms with Crippen LogP contribution in [0.15, 0.2) is 18.2 Å². The van der Waals surface area contributed by atoms with Crippen molar-refractivity contribution in [2.24, 2.45) is 5.92 Å². The number of benzene rings is 1. The molecule has 0 spiro atoms. The zero-order chi connectivity index (χ0) is 15.4. The maximum absolute atomic E-state index is 13.3. The van der Waals surface area contributed by atoms with Crippen molar-refractivity contribution in [2.75, 3.05) is 6.54 Å². The summed E-state index contributed by atoms with van der Waals surface area (Å²) >= 11 is 3.57. The number of nitro benzene ring substituents is 1. The van der Waals surface area contributed by atoms with Crippen LogP contribution in [0, 0.1) is 21.8 Å². The lowest BCUT2D eigenvalue weighted by atomic mass is 9.89. The highest BCUT2D eigenvalue weighted by atomic mass is 79.9. The zero-order valence-corrected chi connectivity index (χ0v) is 12.9. The fourth-order valence-corrected chi connectivity index (χ4v) is 3.00. The second-order valence-electron chi connectivity index (χ2n) is 5.28. The molecule has 1 aliphatic carbocycles. The first-order chi connectivity index (χ1) is 9.95.